The van der Waals surface area contributed by atoms with Crippen LogP contribution in [0.5, 0.6) is 0 Å². The van der Waals surface area contributed by atoms with Crippen molar-refractivity contribution in [2.45, 2.75) is 12.8 Å². The van der Waals surface area contributed by atoms with Crippen molar-refractivity contribution in [1.82, 2.24) is 25.5 Å². The van der Waals surface area contributed by atoms with Crippen LogP contribution in [-0.4, -0.2) is 32.6 Å². The fraction of sp³-hybridized carbons (Fsp3) is 0.273. The standard InChI is InChI=1S/C11H13N5O/c17-11(7-9-1-4-12-5-2-9)13-6-3-10-14-8-15-16-10/h1-2,4-5,8H,3,6-7H2,(H,13,17)(H,14,15,16). The van der Waals surface area contributed by atoms with Gasteiger partial charge in [-0.3, -0.25) is 14.9 Å². The summed E-state index contributed by atoms with van der Waals surface area (Å²) in [6, 6.07) is 3.66. The summed E-state index contributed by atoms with van der Waals surface area (Å²) in [6.07, 6.45) is 5.84. The second kappa shape index (κ2) is 5.74. The van der Waals surface area contributed by atoms with Crippen LogP contribution < -0.4 is 5.32 Å². The molecule has 2 rings (SSSR count). The third-order valence-corrected chi connectivity index (χ3v) is 2.26. The Morgan fingerprint density at radius 1 is 1.35 bits per heavy atom. The fourth-order valence-corrected chi connectivity index (χ4v) is 1.42. The first kappa shape index (κ1) is 11.3. The van der Waals surface area contributed by atoms with Crippen LogP contribution in [0, 0.1) is 0 Å². The van der Waals surface area contributed by atoms with Crippen LogP contribution in [0.15, 0.2) is 30.9 Å². The maximum absolute atomic E-state index is 11.6. The first-order valence-electron chi connectivity index (χ1n) is 5.34. The molecule has 2 aromatic rings. The van der Waals surface area contributed by atoms with Crippen molar-refractivity contribution < 1.29 is 4.79 Å². The van der Waals surface area contributed by atoms with Gasteiger partial charge in [0, 0.05) is 25.4 Å². The summed E-state index contributed by atoms with van der Waals surface area (Å²) in [4.78, 5) is 19.4. The van der Waals surface area contributed by atoms with Crippen molar-refractivity contribution in [3.8, 4) is 0 Å². The van der Waals surface area contributed by atoms with E-state index in [2.05, 4.69) is 25.5 Å². The molecule has 0 bridgehead atoms. The highest BCUT2D eigenvalue weighted by Crippen LogP contribution is 1.97. The Bertz CT molecular complexity index is 454. The zero-order valence-electron chi connectivity index (χ0n) is 9.26. The predicted octanol–water partition coefficient (Wildman–Crippen LogP) is 0.101. The summed E-state index contributed by atoms with van der Waals surface area (Å²) in [6.45, 7) is 0.555. The Kier molecular flexibility index (Phi) is 3.80. The summed E-state index contributed by atoms with van der Waals surface area (Å²) >= 11 is 0. The van der Waals surface area contributed by atoms with E-state index >= 15 is 0 Å². The highest BCUT2D eigenvalue weighted by Gasteiger charge is 2.03. The number of nitrogens with zero attached hydrogens (tertiary/aromatic N) is 3. The molecule has 2 heterocycles. The quantitative estimate of drug-likeness (QED) is 0.764. The van der Waals surface area contributed by atoms with E-state index < -0.39 is 0 Å². The predicted molar refractivity (Wildman–Crippen MR) is 61.0 cm³/mol. The van der Waals surface area contributed by atoms with Gasteiger partial charge in [-0.25, -0.2) is 4.98 Å². The maximum Gasteiger partial charge on any atom is 0.224 e. The van der Waals surface area contributed by atoms with Crippen LogP contribution in [0.2, 0.25) is 0 Å². The number of aromatic amines is 1. The number of pyridine rings is 1. The Balaban J connectivity index is 1.71. The molecule has 0 saturated carbocycles. The number of hydrogen-bond acceptors (Lipinski definition) is 4. The van der Waals surface area contributed by atoms with E-state index in [-0.39, 0.29) is 5.91 Å². The maximum atomic E-state index is 11.6. The van der Waals surface area contributed by atoms with Crippen molar-refractivity contribution in [2.24, 2.45) is 0 Å². The Morgan fingerprint density at radius 2 is 2.18 bits per heavy atom. The monoisotopic (exact) mass is 231 g/mol. The molecule has 88 valence electrons. The number of amides is 1. The van der Waals surface area contributed by atoms with Crippen LogP contribution >= 0.6 is 0 Å². The molecule has 2 N–H and O–H groups in total. The van der Waals surface area contributed by atoms with Gasteiger partial charge >= 0.3 is 0 Å². The molecule has 0 radical (unpaired) electrons. The van der Waals surface area contributed by atoms with Crippen LogP contribution in [-0.2, 0) is 17.6 Å². The molecule has 0 fully saturated rings. The lowest BCUT2D eigenvalue weighted by Crippen LogP contribution is -2.27. The lowest BCUT2D eigenvalue weighted by atomic mass is 10.2. The highest BCUT2D eigenvalue weighted by molar-refractivity contribution is 5.78. The minimum Gasteiger partial charge on any atom is -0.355 e. The summed E-state index contributed by atoms with van der Waals surface area (Å²) in [5.74, 6) is 0.768. The summed E-state index contributed by atoms with van der Waals surface area (Å²) < 4.78 is 0. The Labute approximate surface area is 98.5 Å². The van der Waals surface area contributed by atoms with E-state index in [1.165, 1.54) is 6.33 Å². The number of carbonyl (C=O) groups excluding carboxylic acids is 1. The first-order chi connectivity index (χ1) is 8.34. The molecule has 0 unspecified atom stereocenters. The largest absolute Gasteiger partial charge is 0.355 e. The minimum atomic E-state index is -0.00397. The normalized spacial score (nSPS) is 10.1. The molecule has 0 aliphatic carbocycles. The van der Waals surface area contributed by atoms with E-state index in [1.54, 1.807) is 12.4 Å². The van der Waals surface area contributed by atoms with Crippen molar-refractivity contribution in [1.29, 1.82) is 0 Å². The molecule has 0 saturated heterocycles. The molecule has 1 amide bonds. The Morgan fingerprint density at radius 3 is 2.88 bits per heavy atom. The van der Waals surface area contributed by atoms with Crippen molar-refractivity contribution >= 4 is 5.91 Å². The second-order valence-electron chi connectivity index (χ2n) is 3.56. The number of carbonyl (C=O) groups is 1. The van der Waals surface area contributed by atoms with Crippen LogP contribution in [0.4, 0.5) is 0 Å². The van der Waals surface area contributed by atoms with E-state index in [0.717, 1.165) is 11.4 Å². The molecule has 17 heavy (non-hydrogen) atoms. The van der Waals surface area contributed by atoms with Gasteiger partial charge in [-0.05, 0) is 17.7 Å². The van der Waals surface area contributed by atoms with Crippen molar-refractivity contribution in [3.05, 3.63) is 42.2 Å². The lowest BCUT2D eigenvalue weighted by Gasteiger charge is -2.03. The average Bonchev–Trinajstić information content (AvgIpc) is 2.83. The van der Waals surface area contributed by atoms with Gasteiger partial charge in [-0.15, -0.1) is 0 Å². The number of H-pyrrole nitrogens is 1. The smallest absolute Gasteiger partial charge is 0.224 e. The molecule has 0 spiro atoms. The van der Waals surface area contributed by atoms with Gasteiger partial charge in [0.1, 0.15) is 12.2 Å². The third kappa shape index (κ3) is 3.67. The molecular formula is C11H13N5O. The third-order valence-electron chi connectivity index (χ3n) is 2.26. The molecular weight excluding hydrogens is 218 g/mol. The topological polar surface area (TPSA) is 83.6 Å². The lowest BCUT2D eigenvalue weighted by molar-refractivity contribution is -0.120. The molecule has 2 aromatic heterocycles. The van der Waals surface area contributed by atoms with Gasteiger partial charge in [-0.1, -0.05) is 0 Å². The highest BCUT2D eigenvalue weighted by atomic mass is 16.1. The molecule has 0 aromatic carbocycles. The molecule has 0 atom stereocenters. The number of rotatable bonds is 5. The molecule has 6 nitrogen and oxygen atoms in total. The fourth-order valence-electron chi connectivity index (χ4n) is 1.42. The van der Waals surface area contributed by atoms with E-state index in [1.807, 2.05) is 12.1 Å². The van der Waals surface area contributed by atoms with Crippen LogP contribution in [0.1, 0.15) is 11.4 Å². The van der Waals surface area contributed by atoms with E-state index in [9.17, 15) is 4.79 Å². The average molecular weight is 231 g/mol. The number of hydrogen-bond donors (Lipinski definition) is 2. The van der Waals surface area contributed by atoms with Crippen LogP contribution in [0.25, 0.3) is 0 Å². The molecule has 6 heteroatoms. The zero-order valence-corrected chi connectivity index (χ0v) is 9.26. The Hall–Kier alpha value is -2.24. The minimum absolute atomic E-state index is 0.00397. The summed E-state index contributed by atoms with van der Waals surface area (Å²) in [5.41, 5.74) is 0.956. The van der Waals surface area contributed by atoms with Crippen LogP contribution in [0.3, 0.4) is 0 Å². The van der Waals surface area contributed by atoms with Gasteiger partial charge in [0.15, 0.2) is 0 Å². The summed E-state index contributed by atoms with van der Waals surface area (Å²) in [7, 11) is 0. The van der Waals surface area contributed by atoms with Gasteiger partial charge in [0.05, 0.1) is 6.42 Å². The van der Waals surface area contributed by atoms with Gasteiger partial charge in [0.25, 0.3) is 0 Å². The van der Waals surface area contributed by atoms with Gasteiger partial charge in [0.2, 0.25) is 5.91 Å². The van der Waals surface area contributed by atoms with Crippen molar-refractivity contribution in [2.75, 3.05) is 6.54 Å². The van der Waals surface area contributed by atoms with Gasteiger partial charge < -0.3 is 5.32 Å². The van der Waals surface area contributed by atoms with E-state index in [0.29, 0.717) is 19.4 Å². The number of aromatic nitrogens is 4. The SMILES string of the molecule is O=C(Cc1ccncc1)NCCc1ncn[nH]1. The second-order valence-corrected chi connectivity index (χ2v) is 3.56. The zero-order chi connectivity index (χ0) is 11.9. The van der Waals surface area contributed by atoms with E-state index in [4.69, 9.17) is 0 Å². The molecule has 0 aliphatic rings. The molecule has 0 aliphatic heterocycles. The van der Waals surface area contributed by atoms with Crippen molar-refractivity contribution in [3.63, 3.8) is 0 Å². The summed E-state index contributed by atoms with van der Waals surface area (Å²) in [5, 5.41) is 9.29. The number of nitrogens with one attached hydrogen (secondary N) is 2. The first-order valence-corrected chi connectivity index (χ1v) is 5.34. The van der Waals surface area contributed by atoms with Gasteiger partial charge in [-0.2, -0.15) is 5.10 Å².